The van der Waals surface area contributed by atoms with Gasteiger partial charge in [0.05, 0.1) is 6.04 Å². The first kappa shape index (κ1) is 17.9. The molecule has 2 amide bonds. The molecule has 6 nitrogen and oxygen atoms in total. The second-order valence-corrected chi connectivity index (χ2v) is 6.73. The maximum Gasteiger partial charge on any atom is 0.251 e. The number of aliphatic hydroxyl groups is 1. The molecule has 0 saturated carbocycles. The van der Waals surface area contributed by atoms with Gasteiger partial charge in [0.25, 0.3) is 5.91 Å². The van der Waals surface area contributed by atoms with Crippen LogP contribution in [-0.2, 0) is 0 Å². The summed E-state index contributed by atoms with van der Waals surface area (Å²) in [5, 5.41) is 13.4. The summed E-state index contributed by atoms with van der Waals surface area (Å²) in [5.41, 5.74) is 5.28. The minimum atomic E-state index is -1.08. The van der Waals surface area contributed by atoms with E-state index >= 15 is 0 Å². The van der Waals surface area contributed by atoms with Gasteiger partial charge in [0.1, 0.15) is 23.3 Å². The molecule has 0 aromatic heterocycles. The molecule has 4 N–H and O–H groups in total. The van der Waals surface area contributed by atoms with Crippen LogP contribution in [-0.4, -0.2) is 28.6 Å². The second kappa shape index (κ2) is 6.42. The molecule has 0 saturated heterocycles. The van der Waals surface area contributed by atoms with Crippen LogP contribution in [0, 0.1) is 5.82 Å². The summed E-state index contributed by atoms with van der Waals surface area (Å²) in [6, 6.07) is 8.83. The molecule has 0 spiro atoms. The fraction of sp³-hybridized carbons (Fsp3) is 0.263. The first-order valence-electron chi connectivity index (χ1n) is 8.06. The lowest BCUT2D eigenvalue weighted by Gasteiger charge is -2.42. The molecule has 0 bridgehead atoms. The zero-order valence-corrected chi connectivity index (χ0v) is 14.3. The van der Waals surface area contributed by atoms with Gasteiger partial charge in [-0.1, -0.05) is 0 Å². The number of rotatable bonds is 3. The Kier molecular flexibility index (Phi) is 4.41. The van der Waals surface area contributed by atoms with Gasteiger partial charge in [-0.05, 0) is 56.3 Å². The third-order valence-electron chi connectivity index (χ3n) is 4.42. The van der Waals surface area contributed by atoms with Gasteiger partial charge in [-0.2, -0.15) is 0 Å². The maximum atomic E-state index is 13.1. The average Bonchev–Trinajstić information content (AvgIpc) is 2.58. The highest BCUT2D eigenvalue weighted by molar-refractivity contribution is 5.95. The first-order chi connectivity index (χ1) is 12.2. The molecule has 1 aliphatic heterocycles. The second-order valence-electron chi connectivity index (χ2n) is 6.73. The molecule has 26 heavy (non-hydrogen) atoms. The fourth-order valence-electron chi connectivity index (χ4n) is 2.94. The van der Waals surface area contributed by atoms with Gasteiger partial charge in [0, 0.05) is 16.7 Å². The zero-order chi connectivity index (χ0) is 19.1. The van der Waals surface area contributed by atoms with Crippen LogP contribution < -0.4 is 15.8 Å². The molecule has 2 aromatic carbocycles. The Balaban J connectivity index is 1.99. The Bertz CT molecular complexity index is 864. The molecule has 1 aliphatic rings. The Morgan fingerprint density at radius 1 is 1.15 bits per heavy atom. The van der Waals surface area contributed by atoms with Crippen molar-refractivity contribution < 1.29 is 23.8 Å². The summed E-state index contributed by atoms with van der Waals surface area (Å²) in [5.74, 6) is -1.13. The predicted octanol–water partition coefficient (Wildman–Crippen LogP) is 1.93. The number of amides is 2. The van der Waals surface area contributed by atoms with E-state index < -0.39 is 35.4 Å². The van der Waals surface area contributed by atoms with Crippen LogP contribution in [0.4, 0.5) is 4.39 Å². The van der Waals surface area contributed by atoms with Crippen molar-refractivity contribution in [3.63, 3.8) is 0 Å². The molecule has 0 unspecified atom stereocenters. The molecule has 3 rings (SSSR count). The van der Waals surface area contributed by atoms with Crippen molar-refractivity contribution in [3.05, 3.63) is 65.0 Å². The number of carbonyl (C=O) groups excluding carboxylic acids is 2. The molecule has 0 aliphatic carbocycles. The smallest absolute Gasteiger partial charge is 0.251 e. The van der Waals surface area contributed by atoms with E-state index in [2.05, 4.69) is 5.32 Å². The van der Waals surface area contributed by atoms with E-state index in [0.29, 0.717) is 11.3 Å². The van der Waals surface area contributed by atoms with Crippen LogP contribution in [0.2, 0.25) is 0 Å². The van der Waals surface area contributed by atoms with Crippen molar-refractivity contribution >= 4 is 11.8 Å². The van der Waals surface area contributed by atoms with Gasteiger partial charge < -0.3 is 20.9 Å². The quantitative estimate of drug-likeness (QED) is 0.780. The van der Waals surface area contributed by atoms with Gasteiger partial charge in [-0.25, -0.2) is 4.39 Å². The SMILES string of the molecule is CC1(C)Oc2ccc(C(N)=O)cc2[C@H](NC(=O)c2ccc(F)cc2)[C@H]1O. The number of nitrogens with one attached hydrogen (secondary N) is 1. The van der Waals surface area contributed by atoms with Gasteiger partial charge in [0.2, 0.25) is 5.91 Å². The Hall–Kier alpha value is -2.93. The zero-order valence-electron chi connectivity index (χ0n) is 14.3. The summed E-state index contributed by atoms with van der Waals surface area (Å²) in [6.45, 7) is 3.39. The summed E-state index contributed by atoms with van der Waals surface area (Å²) in [4.78, 5) is 24.0. The highest BCUT2D eigenvalue weighted by Crippen LogP contribution is 2.40. The number of fused-ring (bicyclic) bond motifs is 1. The van der Waals surface area contributed by atoms with Gasteiger partial charge >= 0.3 is 0 Å². The largest absolute Gasteiger partial charge is 0.485 e. The molecule has 2 aromatic rings. The molecular formula is C19H19FN2O4. The monoisotopic (exact) mass is 358 g/mol. The number of primary amides is 1. The number of halogens is 1. The van der Waals surface area contributed by atoms with E-state index in [9.17, 15) is 19.1 Å². The van der Waals surface area contributed by atoms with Crippen molar-refractivity contribution in [2.24, 2.45) is 5.73 Å². The normalized spacial score (nSPS) is 20.6. The summed E-state index contributed by atoms with van der Waals surface area (Å²) < 4.78 is 18.9. The number of carbonyl (C=O) groups is 2. The van der Waals surface area contributed by atoms with Crippen LogP contribution >= 0.6 is 0 Å². The van der Waals surface area contributed by atoms with E-state index in [0.717, 1.165) is 0 Å². The third kappa shape index (κ3) is 3.25. The Labute approximate surface area is 149 Å². The van der Waals surface area contributed by atoms with Crippen LogP contribution in [0.25, 0.3) is 0 Å². The predicted molar refractivity (Wildman–Crippen MR) is 92.3 cm³/mol. The molecule has 0 fully saturated rings. The summed E-state index contributed by atoms with van der Waals surface area (Å²) in [6.07, 6.45) is -1.08. The van der Waals surface area contributed by atoms with Crippen LogP contribution in [0.15, 0.2) is 42.5 Å². The van der Waals surface area contributed by atoms with E-state index in [4.69, 9.17) is 10.5 Å². The fourth-order valence-corrected chi connectivity index (χ4v) is 2.94. The lowest BCUT2D eigenvalue weighted by Crippen LogP contribution is -2.53. The number of hydrogen-bond donors (Lipinski definition) is 3. The number of aliphatic hydroxyl groups excluding tert-OH is 1. The van der Waals surface area contributed by atoms with Crippen LogP contribution in [0.5, 0.6) is 5.75 Å². The standard InChI is InChI=1S/C19H19FN2O4/c1-19(2)16(23)15(22-18(25)10-3-6-12(20)7-4-10)13-9-11(17(21)24)5-8-14(13)26-19/h3-9,15-16,23H,1-2H3,(H2,21,24)(H,22,25)/t15-,16+/m0/s1. The van der Waals surface area contributed by atoms with Crippen molar-refractivity contribution in [1.82, 2.24) is 5.32 Å². The first-order valence-corrected chi connectivity index (χ1v) is 8.06. The highest BCUT2D eigenvalue weighted by Gasteiger charge is 2.43. The molecule has 0 radical (unpaired) electrons. The molecule has 7 heteroatoms. The summed E-state index contributed by atoms with van der Waals surface area (Å²) in [7, 11) is 0. The third-order valence-corrected chi connectivity index (χ3v) is 4.42. The Morgan fingerprint density at radius 3 is 2.38 bits per heavy atom. The van der Waals surface area contributed by atoms with Gasteiger partial charge in [0.15, 0.2) is 0 Å². The number of nitrogens with two attached hydrogens (primary N) is 1. The van der Waals surface area contributed by atoms with Crippen molar-refractivity contribution in [2.75, 3.05) is 0 Å². The van der Waals surface area contributed by atoms with Gasteiger partial charge in [-0.3, -0.25) is 9.59 Å². The van der Waals surface area contributed by atoms with Gasteiger partial charge in [-0.15, -0.1) is 0 Å². The number of ether oxygens (including phenoxy) is 1. The Morgan fingerprint density at radius 2 is 1.77 bits per heavy atom. The van der Waals surface area contributed by atoms with Crippen molar-refractivity contribution in [2.45, 2.75) is 31.6 Å². The molecular weight excluding hydrogens is 339 g/mol. The maximum absolute atomic E-state index is 13.1. The topological polar surface area (TPSA) is 102 Å². The number of benzene rings is 2. The molecule has 1 heterocycles. The minimum absolute atomic E-state index is 0.236. The van der Waals surface area contributed by atoms with E-state index in [1.54, 1.807) is 19.9 Å². The molecule has 136 valence electrons. The van der Waals surface area contributed by atoms with E-state index in [1.807, 2.05) is 0 Å². The van der Waals surface area contributed by atoms with E-state index in [1.165, 1.54) is 36.4 Å². The van der Waals surface area contributed by atoms with Crippen LogP contribution in [0.1, 0.15) is 46.2 Å². The highest BCUT2D eigenvalue weighted by atomic mass is 19.1. The minimum Gasteiger partial charge on any atom is -0.485 e. The van der Waals surface area contributed by atoms with E-state index in [-0.39, 0.29) is 11.1 Å². The molecule has 2 atom stereocenters. The van der Waals surface area contributed by atoms with Crippen molar-refractivity contribution in [1.29, 1.82) is 0 Å². The van der Waals surface area contributed by atoms with Crippen molar-refractivity contribution in [3.8, 4) is 5.75 Å². The lowest BCUT2D eigenvalue weighted by molar-refractivity contribution is -0.0627. The average molecular weight is 358 g/mol. The lowest BCUT2D eigenvalue weighted by atomic mass is 9.85. The van der Waals surface area contributed by atoms with Crippen LogP contribution in [0.3, 0.4) is 0 Å². The number of hydrogen-bond acceptors (Lipinski definition) is 4. The summed E-state index contributed by atoms with van der Waals surface area (Å²) >= 11 is 0.